The second-order valence-electron chi connectivity index (χ2n) is 6.50. The lowest BCUT2D eigenvalue weighted by atomic mass is 10.1. The summed E-state index contributed by atoms with van der Waals surface area (Å²) < 4.78 is 11.6. The summed E-state index contributed by atoms with van der Waals surface area (Å²) in [5.41, 5.74) is 0. The molecule has 3 heterocycles. The highest BCUT2D eigenvalue weighted by Gasteiger charge is 2.42. The molecule has 3 rings (SSSR count). The summed E-state index contributed by atoms with van der Waals surface area (Å²) in [6.07, 6.45) is 2.92. The van der Waals surface area contributed by atoms with Gasteiger partial charge in [-0.05, 0) is 12.8 Å². The number of amides is 1. The molecule has 5 heteroatoms. The SMILES string of the molecule is CC(C)C(=O)N1C[C@@H]2OCCN(C[C@H]3CCCO3)[C@@H]2C1. The van der Waals surface area contributed by atoms with Crippen LogP contribution >= 0.6 is 0 Å². The number of nitrogens with zero attached hydrogens (tertiary/aromatic N) is 2. The van der Waals surface area contributed by atoms with Crippen molar-refractivity contribution in [3.05, 3.63) is 0 Å². The first-order valence-electron chi connectivity index (χ1n) is 7.91. The van der Waals surface area contributed by atoms with Crippen molar-refractivity contribution in [1.29, 1.82) is 0 Å². The van der Waals surface area contributed by atoms with Gasteiger partial charge in [0.15, 0.2) is 0 Å². The summed E-state index contributed by atoms with van der Waals surface area (Å²) in [6.45, 7) is 9.14. The number of hydrogen-bond acceptors (Lipinski definition) is 4. The van der Waals surface area contributed by atoms with Crippen LogP contribution in [0.5, 0.6) is 0 Å². The lowest BCUT2D eigenvalue weighted by molar-refractivity contribution is -0.133. The van der Waals surface area contributed by atoms with Gasteiger partial charge in [0.1, 0.15) is 0 Å². The molecule has 0 bridgehead atoms. The van der Waals surface area contributed by atoms with E-state index in [1.165, 1.54) is 12.8 Å². The highest BCUT2D eigenvalue weighted by Crippen LogP contribution is 2.25. The van der Waals surface area contributed by atoms with Gasteiger partial charge in [-0.25, -0.2) is 0 Å². The molecule has 3 aliphatic heterocycles. The van der Waals surface area contributed by atoms with Crippen LogP contribution < -0.4 is 0 Å². The standard InChI is InChI=1S/C15H26N2O3/c1-11(2)15(18)17-9-13-14(10-17)20-7-5-16(13)8-12-4-3-6-19-12/h11-14H,3-10H2,1-2H3/t12-,13-,14+/m1/s1. The Bertz CT molecular complexity index is 355. The van der Waals surface area contributed by atoms with Gasteiger partial charge < -0.3 is 14.4 Å². The Morgan fingerprint density at radius 2 is 2.10 bits per heavy atom. The molecule has 0 N–H and O–H groups in total. The number of carbonyl (C=O) groups excluding carboxylic acids is 1. The predicted octanol–water partition coefficient (Wildman–Crippen LogP) is 0.733. The quantitative estimate of drug-likeness (QED) is 0.765. The normalized spacial score (nSPS) is 34.8. The Labute approximate surface area is 121 Å². The van der Waals surface area contributed by atoms with Crippen LogP contribution in [0, 0.1) is 5.92 Å². The molecule has 3 saturated heterocycles. The van der Waals surface area contributed by atoms with Crippen molar-refractivity contribution in [2.75, 3.05) is 39.4 Å². The van der Waals surface area contributed by atoms with Gasteiger partial charge in [-0.1, -0.05) is 13.8 Å². The molecular formula is C15H26N2O3. The van der Waals surface area contributed by atoms with Gasteiger partial charge in [-0.2, -0.15) is 0 Å². The number of hydrogen-bond donors (Lipinski definition) is 0. The Morgan fingerprint density at radius 1 is 1.25 bits per heavy atom. The molecule has 5 nitrogen and oxygen atoms in total. The lowest BCUT2D eigenvalue weighted by Crippen LogP contribution is -2.52. The fraction of sp³-hybridized carbons (Fsp3) is 0.933. The summed E-state index contributed by atoms with van der Waals surface area (Å²) in [7, 11) is 0. The van der Waals surface area contributed by atoms with Gasteiger partial charge in [-0.15, -0.1) is 0 Å². The Hall–Kier alpha value is -0.650. The zero-order chi connectivity index (χ0) is 14.1. The van der Waals surface area contributed by atoms with Crippen LogP contribution in [0.4, 0.5) is 0 Å². The van der Waals surface area contributed by atoms with Crippen LogP contribution in [0.25, 0.3) is 0 Å². The number of ether oxygens (including phenoxy) is 2. The van der Waals surface area contributed by atoms with E-state index >= 15 is 0 Å². The minimum absolute atomic E-state index is 0.0711. The average molecular weight is 282 g/mol. The van der Waals surface area contributed by atoms with Crippen LogP contribution in [0.2, 0.25) is 0 Å². The van der Waals surface area contributed by atoms with Gasteiger partial charge in [0.05, 0.1) is 24.9 Å². The van der Waals surface area contributed by atoms with Crippen LogP contribution in [0.1, 0.15) is 26.7 Å². The fourth-order valence-electron chi connectivity index (χ4n) is 3.58. The van der Waals surface area contributed by atoms with Gasteiger partial charge in [0, 0.05) is 38.7 Å². The maximum absolute atomic E-state index is 12.2. The molecule has 0 aromatic rings. The van der Waals surface area contributed by atoms with E-state index in [0.29, 0.717) is 12.1 Å². The predicted molar refractivity (Wildman–Crippen MR) is 75.5 cm³/mol. The highest BCUT2D eigenvalue weighted by atomic mass is 16.5. The van der Waals surface area contributed by atoms with E-state index in [1.54, 1.807) is 0 Å². The van der Waals surface area contributed by atoms with Crippen LogP contribution in [-0.2, 0) is 14.3 Å². The summed E-state index contributed by atoms with van der Waals surface area (Å²) in [4.78, 5) is 16.6. The molecule has 3 fully saturated rings. The zero-order valence-corrected chi connectivity index (χ0v) is 12.6. The second-order valence-corrected chi connectivity index (χ2v) is 6.50. The van der Waals surface area contributed by atoms with Gasteiger partial charge in [-0.3, -0.25) is 9.69 Å². The van der Waals surface area contributed by atoms with E-state index in [-0.39, 0.29) is 17.9 Å². The molecule has 0 aromatic carbocycles. The van der Waals surface area contributed by atoms with Crippen molar-refractivity contribution in [3.8, 4) is 0 Å². The molecule has 3 atom stereocenters. The minimum Gasteiger partial charge on any atom is -0.377 e. The molecular weight excluding hydrogens is 256 g/mol. The molecule has 0 spiro atoms. The first kappa shape index (κ1) is 14.3. The van der Waals surface area contributed by atoms with E-state index in [1.807, 2.05) is 18.7 Å². The summed E-state index contributed by atoms with van der Waals surface area (Å²) in [6, 6.07) is 0.357. The molecule has 0 radical (unpaired) electrons. The van der Waals surface area contributed by atoms with Crippen molar-refractivity contribution in [2.24, 2.45) is 5.92 Å². The lowest BCUT2D eigenvalue weighted by Gasteiger charge is -2.37. The topological polar surface area (TPSA) is 42.0 Å². The minimum atomic E-state index is 0.0711. The monoisotopic (exact) mass is 282 g/mol. The second kappa shape index (κ2) is 6.00. The Balaban J connectivity index is 1.61. The first-order chi connectivity index (χ1) is 9.65. The molecule has 20 heavy (non-hydrogen) atoms. The number of fused-ring (bicyclic) bond motifs is 1. The maximum Gasteiger partial charge on any atom is 0.225 e. The van der Waals surface area contributed by atoms with Crippen molar-refractivity contribution >= 4 is 5.91 Å². The summed E-state index contributed by atoms with van der Waals surface area (Å²) in [5, 5.41) is 0. The van der Waals surface area contributed by atoms with E-state index in [2.05, 4.69) is 4.90 Å². The van der Waals surface area contributed by atoms with E-state index in [9.17, 15) is 4.79 Å². The highest BCUT2D eigenvalue weighted by molar-refractivity contribution is 5.78. The molecule has 3 aliphatic rings. The van der Waals surface area contributed by atoms with Crippen molar-refractivity contribution < 1.29 is 14.3 Å². The number of rotatable bonds is 3. The molecule has 114 valence electrons. The average Bonchev–Trinajstić information content (AvgIpc) is 3.06. The van der Waals surface area contributed by atoms with Gasteiger partial charge >= 0.3 is 0 Å². The van der Waals surface area contributed by atoms with Crippen LogP contribution in [0.15, 0.2) is 0 Å². The van der Waals surface area contributed by atoms with E-state index in [4.69, 9.17) is 9.47 Å². The van der Waals surface area contributed by atoms with E-state index in [0.717, 1.165) is 39.4 Å². The molecule has 0 saturated carbocycles. The van der Waals surface area contributed by atoms with E-state index < -0.39 is 0 Å². The fourth-order valence-corrected chi connectivity index (χ4v) is 3.58. The zero-order valence-electron chi connectivity index (χ0n) is 12.6. The largest absolute Gasteiger partial charge is 0.377 e. The first-order valence-corrected chi connectivity index (χ1v) is 7.91. The van der Waals surface area contributed by atoms with Crippen LogP contribution in [0.3, 0.4) is 0 Å². The van der Waals surface area contributed by atoms with Crippen LogP contribution in [-0.4, -0.2) is 73.3 Å². The number of likely N-dealkylation sites (tertiary alicyclic amines) is 1. The third-order valence-electron chi connectivity index (χ3n) is 4.68. The number of carbonyl (C=O) groups is 1. The van der Waals surface area contributed by atoms with Crippen molar-refractivity contribution in [2.45, 2.75) is 44.9 Å². The third kappa shape index (κ3) is 2.85. The van der Waals surface area contributed by atoms with Gasteiger partial charge in [0.2, 0.25) is 5.91 Å². The number of morpholine rings is 1. The summed E-state index contributed by atoms with van der Waals surface area (Å²) in [5.74, 6) is 0.321. The summed E-state index contributed by atoms with van der Waals surface area (Å²) >= 11 is 0. The molecule has 0 aliphatic carbocycles. The molecule has 0 aromatic heterocycles. The molecule has 1 amide bonds. The third-order valence-corrected chi connectivity index (χ3v) is 4.68. The van der Waals surface area contributed by atoms with Crippen molar-refractivity contribution in [3.63, 3.8) is 0 Å². The van der Waals surface area contributed by atoms with Gasteiger partial charge in [0.25, 0.3) is 0 Å². The Kier molecular flexibility index (Phi) is 4.29. The molecule has 0 unspecified atom stereocenters. The maximum atomic E-state index is 12.2. The van der Waals surface area contributed by atoms with Crippen molar-refractivity contribution in [1.82, 2.24) is 9.80 Å². The Morgan fingerprint density at radius 3 is 2.80 bits per heavy atom. The smallest absolute Gasteiger partial charge is 0.225 e.